The quantitative estimate of drug-likeness (QED) is 0.873. The van der Waals surface area contributed by atoms with Gasteiger partial charge in [0, 0.05) is 16.3 Å². The summed E-state index contributed by atoms with van der Waals surface area (Å²) in [5.74, 6) is 0. The normalized spacial score (nSPS) is 12.7. The van der Waals surface area contributed by atoms with Crippen molar-refractivity contribution in [2.75, 3.05) is 0 Å². The molecule has 90 valence electrons. The topological polar surface area (TPSA) is 43.8 Å². The third kappa shape index (κ3) is 2.37. The molecular formula is C13H16IN3. The summed E-state index contributed by atoms with van der Waals surface area (Å²) >= 11 is 2.36. The molecule has 0 aliphatic carbocycles. The maximum Gasteiger partial charge on any atom is 0.0733 e. The van der Waals surface area contributed by atoms with Crippen molar-refractivity contribution < 1.29 is 0 Å². The SMILES string of the molecule is CCn1nccc1C(N)c1cccc(C)c1I. The number of benzene rings is 1. The minimum absolute atomic E-state index is 0.107. The van der Waals surface area contributed by atoms with Crippen molar-refractivity contribution in [3.8, 4) is 0 Å². The first-order chi connectivity index (χ1) is 8.15. The summed E-state index contributed by atoms with van der Waals surface area (Å²) in [6, 6.07) is 8.14. The molecule has 0 amide bonds. The Labute approximate surface area is 115 Å². The summed E-state index contributed by atoms with van der Waals surface area (Å²) in [5.41, 5.74) is 9.84. The maximum atomic E-state index is 6.34. The van der Waals surface area contributed by atoms with Crippen LogP contribution in [-0.4, -0.2) is 9.78 Å². The Balaban J connectivity index is 2.44. The first kappa shape index (κ1) is 12.6. The first-order valence-electron chi connectivity index (χ1n) is 5.67. The highest BCUT2D eigenvalue weighted by atomic mass is 127. The van der Waals surface area contributed by atoms with E-state index < -0.39 is 0 Å². The zero-order valence-electron chi connectivity index (χ0n) is 10.0. The Bertz CT molecular complexity index is 519. The van der Waals surface area contributed by atoms with Crippen molar-refractivity contribution in [1.29, 1.82) is 0 Å². The average Bonchev–Trinajstić information content (AvgIpc) is 2.80. The highest BCUT2D eigenvalue weighted by Gasteiger charge is 2.16. The molecule has 1 aromatic heterocycles. The zero-order valence-corrected chi connectivity index (χ0v) is 12.2. The predicted octanol–water partition coefficient (Wildman–Crippen LogP) is 2.86. The van der Waals surface area contributed by atoms with Crippen molar-refractivity contribution in [2.45, 2.75) is 26.4 Å². The molecule has 0 radical (unpaired) electrons. The Kier molecular flexibility index (Phi) is 3.83. The van der Waals surface area contributed by atoms with Crippen LogP contribution in [0, 0.1) is 10.5 Å². The summed E-state index contributed by atoms with van der Waals surface area (Å²) in [6.45, 7) is 5.03. The van der Waals surface area contributed by atoms with Gasteiger partial charge in [0.15, 0.2) is 0 Å². The van der Waals surface area contributed by atoms with Gasteiger partial charge >= 0.3 is 0 Å². The van der Waals surface area contributed by atoms with Gasteiger partial charge in [-0.25, -0.2) is 0 Å². The molecule has 2 rings (SSSR count). The van der Waals surface area contributed by atoms with Crippen LogP contribution in [0.2, 0.25) is 0 Å². The number of hydrogen-bond donors (Lipinski definition) is 1. The summed E-state index contributed by atoms with van der Waals surface area (Å²) in [7, 11) is 0. The van der Waals surface area contributed by atoms with Crippen molar-refractivity contribution >= 4 is 22.6 Å². The van der Waals surface area contributed by atoms with Crippen LogP contribution < -0.4 is 5.73 Å². The summed E-state index contributed by atoms with van der Waals surface area (Å²) in [6.07, 6.45) is 1.81. The maximum absolute atomic E-state index is 6.34. The van der Waals surface area contributed by atoms with Crippen LogP contribution in [0.1, 0.15) is 29.8 Å². The molecule has 2 aromatic rings. The largest absolute Gasteiger partial charge is 0.319 e. The monoisotopic (exact) mass is 341 g/mol. The number of halogens is 1. The lowest BCUT2D eigenvalue weighted by Gasteiger charge is -2.16. The number of aromatic nitrogens is 2. The van der Waals surface area contributed by atoms with Gasteiger partial charge in [-0.05, 0) is 53.6 Å². The lowest BCUT2D eigenvalue weighted by atomic mass is 10.0. The zero-order chi connectivity index (χ0) is 12.4. The van der Waals surface area contributed by atoms with E-state index in [1.807, 2.05) is 10.7 Å². The van der Waals surface area contributed by atoms with E-state index in [1.165, 1.54) is 14.7 Å². The Morgan fingerprint density at radius 1 is 1.41 bits per heavy atom. The first-order valence-corrected chi connectivity index (χ1v) is 6.75. The Morgan fingerprint density at radius 2 is 2.18 bits per heavy atom. The molecule has 1 unspecified atom stereocenters. The number of rotatable bonds is 3. The summed E-state index contributed by atoms with van der Waals surface area (Å²) in [5, 5.41) is 4.27. The van der Waals surface area contributed by atoms with Crippen LogP contribution in [0.25, 0.3) is 0 Å². The van der Waals surface area contributed by atoms with Crippen molar-refractivity contribution in [3.63, 3.8) is 0 Å². The van der Waals surface area contributed by atoms with Crippen LogP contribution in [0.15, 0.2) is 30.5 Å². The van der Waals surface area contributed by atoms with Gasteiger partial charge in [0.25, 0.3) is 0 Å². The van der Waals surface area contributed by atoms with Crippen molar-refractivity contribution in [2.24, 2.45) is 5.73 Å². The van der Waals surface area contributed by atoms with Gasteiger partial charge in [0.1, 0.15) is 0 Å². The Morgan fingerprint density at radius 3 is 2.88 bits per heavy atom. The molecule has 17 heavy (non-hydrogen) atoms. The van der Waals surface area contributed by atoms with Gasteiger partial charge in [-0.3, -0.25) is 4.68 Å². The molecule has 1 aromatic carbocycles. The molecule has 0 aliphatic rings. The number of nitrogens with zero attached hydrogens (tertiary/aromatic N) is 2. The molecule has 1 atom stereocenters. The molecule has 0 spiro atoms. The van der Waals surface area contributed by atoms with E-state index in [4.69, 9.17) is 5.73 Å². The third-order valence-electron chi connectivity index (χ3n) is 2.92. The fourth-order valence-electron chi connectivity index (χ4n) is 1.94. The predicted molar refractivity (Wildman–Crippen MR) is 77.8 cm³/mol. The van der Waals surface area contributed by atoms with Gasteiger partial charge in [-0.1, -0.05) is 18.2 Å². The molecular weight excluding hydrogens is 325 g/mol. The van der Waals surface area contributed by atoms with E-state index in [0.29, 0.717) is 0 Å². The van der Waals surface area contributed by atoms with Crippen molar-refractivity contribution in [3.05, 3.63) is 50.9 Å². The van der Waals surface area contributed by atoms with Crippen LogP contribution in [0.3, 0.4) is 0 Å². The molecule has 0 saturated heterocycles. The number of hydrogen-bond acceptors (Lipinski definition) is 2. The van der Waals surface area contributed by atoms with E-state index >= 15 is 0 Å². The summed E-state index contributed by atoms with van der Waals surface area (Å²) < 4.78 is 3.18. The molecule has 1 heterocycles. The minimum atomic E-state index is -0.107. The van der Waals surface area contributed by atoms with E-state index in [2.05, 4.69) is 59.7 Å². The highest BCUT2D eigenvalue weighted by Crippen LogP contribution is 2.26. The second-order valence-corrected chi connectivity index (χ2v) is 5.11. The van der Waals surface area contributed by atoms with Crippen molar-refractivity contribution in [1.82, 2.24) is 9.78 Å². The molecule has 4 heteroatoms. The fraction of sp³-hybridized carbons (Fsp3) is 0.308. The highest BCUT2D eigenvalue weighted by molar-refractivity contribution is 14.1. The fourth-order valence-corrected chi connectivity index (χ4v) is 2.64. The third-order valence-corrected chi connectivity index (χ3v) is 4.40. The molecule has 0 aliphatic heterocycles. The smallest absolute Gasteiger partial charge is 0.0733 e. The summed E-state index contributed by atoms with van der Waals surface area (Å²) in [4.78, 5) is 0. The second-order valence-electron chi connectivity index (χ2n) is 4.03. The van der Waals surface area contributed by atoms with Gasteiger partial charge in [0.2, 0.25) is 0 Å². The van der Waals surface area contributed by atoms with E-state index in [9.17, 15) is 0 Å². The molecule has 3 nitrogen and oxygen atoms in total. The van der Waals surface area contributed by atoms with Crippen LogP contribution in [-0.2, 0) is 6.54 Å². The van der Waals surface area contributed by atoms with Crippen LogP contribution >= 0.6 is 22.6 Å². The average molecular weight is 341 g/mol. The lowest BCUT2D eigenvalue weighted by Crippen LogP contribution is -2.18. The molecule has 0 bridgehead atoms. The van der Waals surface area contributed by atoms with Crippen LogP contribution in [0.5, 0.6) is 0 Å². The Hall–Kier alpha value is -0.880. The van der Waals surface area contributed by atoms with Gasteiger partial charge in [-0.15, -0.1) is 0 Å². The lowest BCUT2D eigenvalue weighted by molar-refractivity contribution is 0.600. The van der Waals surface area contributed by atoms with Crippen LogP contribution in [0.4, 0.5) is 0 Å². The molecule has 0 saturated carbocycles. The second kappa shape index (κ2) is 5.18. The minimum Gasteiger partial charge on any atom is -0.319 e. The van der Waals surface area contributed by atoms with Gasteiger partial charge < -0.3 is 5.73 Å². The number of nitrogens with two attached hydrogens (primary N) is 1. The van der Waals surface area contributed by atoms with Gasteiger partial charge in [0.05, 0.1) is 11.7 Å². The standard InChI is InChI=1S/C13H16IN3/c1-3-17-11(7-8-16-17)13(15)10-6-4-5-9(2)12(10)14/h4-8,13H,3,15H2,1-2H3. The van der Waals surface area contributed by atoms with E-state index in [1.54, 1.807) is 6.20 Å². The molecule has 2 N–H and O–H groups in total. The van der Waals surface area contributed by atoms with E-state index in [0.717, 1.165) is 12.2 Å². The molecule has 0 fully saturated rings. The number of aryl methyl sites for hydroxylation is 2. The van der Waals surface area contributed by atoms with Gasteiger partial charge in [-0.2, -0.15) is 5.10 Å². The van der Waals surface area contributed by atoms with E-state index in [-0.39, 0.29) is 6.04 Å².